The van der Waals surface area contributed by atoms with Crippen LogP contribution in [0.5, 0.6) is 11.5 Å². The first-order valence-corrected chi connectivity index (χ1v) is 10.8. The Hall–Kier alpha value is -3.49. The molecular weight excluding hydrogens is 449 g/mol. The van der Waals surface area contributed by atoms with Gasteiger partial charge in [0, 0.05) is 17.8 Å². The molecule has 0 aliphatic carbocycles. The van der Waals surface area contributed by atoms with Crippen LogP contribution in [0.1, 0.15) is 31.0 Å². The first-order chi connectivity index (χ1) is 16.2. The molecule has 0 aliphatic rings. The molecule has 1 heterocycles. The Bertz CT molecular complexity index is 1050. The molecule has 6 nitrogen and oxygen atoms in total. The summed E-state index contributed by atoms with van der Waals surface area (Å²) in [6.07, 6.45) is 1.18. The number of nitrogens with zero attached hydrogens (tertiary/aromatic N) is 2. The number of halogens is 3. The van der Waals surface area contributed by atoms with Crippen LogP contribution in [-0.4, -0.2) is 41.0 Å². The van der Waals surface area contributed by atoms with Crippen molar-refractivity contribution < 1.29 is 32.5 Å². The number of aryl methyl sites for hydroxylation is 2. The second-order valence-electron chi connectivity index (χ2n) is 7.44. The number of carbonyl (C=O) groups is 1. The average Bonchev–Trinajstić information content (AvgIpc) is 3.23. The number of aliphatic carboxylic acids is 1. The van der Waals surface area contributed by atoms with Crippen molar-refractivity contribution in [3.05, 3.63) is 66.1 Å². The number of carboxylic acid groups (broad SMARTS) is 1. The van der Waals surface area contributed by atoms with Gasteiger partial charge >= 0.3 is 12.1 Å². The predicted molar refractivity (Wildman–Crippen MR) is 123 cm³/mol. The zero-order chi connectivity index (χ0) is 25.1. The highest BCUT2D eigenvalue weighted by molar-refractivity contribution is 5.73. The molecule has 2 aromatic carbocycles. The first-order valence-electron chi connectivity index (χ1n) is 10.8. The second-order valence-corrected chi connectivity index (χ2v) is 7.44. The number of aromatic nitrogens is 2. The molecule has 0 unspecified atom stereocenters. The maximum absolute atomic E-state index is 10.6. The molecule has 0 atom stereocenters. The number of para-hydroxylation sites is 1. The van der Waals surface area contributed by atoms with E-state index < -0.39 is 12.1 Å². The van der Waals surface area contributed by atoms with Gasteiger partial charge in [0.15, 0.2) is 0 Å². The molecule has 0 bridgehead atoms. The maximum Gasteiger partial charge on any atom is 0.490 e. The summed E-state index contributed by atoms with van der Waals surface area (Å²) in [6, 6.07) is 16.4. The van der Waals surface area contributed by atoms with Gasteiger partial charge < -0.3 is 19.1 Å². The first kappa shape index (κ1) is 26.8. The lowest BCUT2D eigenvalue weighted by atomic mass is 10.1. The number of carboxylic acids is 1. The molecule has 0 spiro atoms. The number of methoxy groups -OCH3 is 2. The van der Waals surface area contributed by atoms with E-state index in [2.05, 4.69) is 29.7 Å². The van der Waals surface area contributed by atoms with Gasteiger partial charge in [-0.15, -0.1) is 0 Å². The third-order valence-electron chi connectivity index (χ3n) is 5.12. The minimum Gasteiger partial charge on any atom is -0.497 e. The number of alkyl halides is 3. The lowest BCUT2D eigenvalue weighted by molar-refractivity contribution is -0.192. The van der Waals surface area contributed by atoms with Crippen LogP contribution in [0.4, 0.5) is 13.2 Å². The molecule has 3 aromatic rings. The Kier molecular flexibility index (Phi) is 9.97. The van der Waals surface area contributed by atoms with E-state index in [1.807, 2.05) is 36.7 Å². The third kappa shape index (κ3) is 7.54. The number of hydrogen-bond donors (Lipinski definition) is 1. The summed E-state index contributed by atoms with van der Waals surface area (Å²) in [5.74, 6) is -0.994. The standard InChI is InChI=1S/C23H28N2O2.C2HF3O2/c1-4-5-9-21-23(20-8-6-7-10-22(20)27-3)24-17-25(21)16-15-18-11-13-19(26-2)14-12-18;3-2(4,5)1(6)7/h6-8,10-14,17H,4-5,9,15-16H2,1-3H3;(H,6,7). The molecule has 0 saturated carbocycles. The lowest BCUT2D eigenvalue weighted by Crippen LogP contribution is -2.21. The van der Waals surface area contributed by atoms with Crippen molar-refractivity contribution in [1.82, 2.24) is 9.55 Å². The fourth-order valence-electron chi connectivity index (χ4n) is 3.31. The Balaban J connectivity index is 0.000000509. The summed E-state index contributed by atoms with van der Waals surface area (Å²) in [5.41, 5.74) is 4.68. The van der Waals surface area contributed by atoms with Gasteiger partial charge in [0.25, 0.3) is 0 Å². The van der Waals surface area contributed by atoms with Crippen molar-refractivity contribution in [3.63, 3.8) is 0 Å². The van der Waals surface area contributed by atoms with Gasteiger partial charge in [-0.2, -0.15) is 13.2 Å². The van der Waals surface area contributed by atoms with Gasteiger partial charge in [0.2, 0.25) is 0 Å². The third-order valence-corrected chi connectivity index (χ3v) is 5.12. The van der Waals surface area contributed by atoms with E-state index in [1.165, 1.54) is 11.3 Å². The SMILES string of the molecule is CCCCc1c(-c2ccccc2OC)ncn1CCc1ccc(OC)cc1.O=C(O)C(F)(F)F. The van der Waals surface area contributed by atoms with Crippen molar-refractivity contribution in [2.75, 3.05) is 14.2 Å². The molecular formula is C25H29F3N2O4. The van der Waals surface area contributed by atoms with E-state index in [-0.39, 0.29) is 0 Å². The molecule has 0 saturated heterocycles. The summed E-state index contributed by atoms with van der Waals surface area (Å²) >= 11 is 0. The van der Waals surface area contributed by atoms with Gasteiger partial charge in [-0.1, -0.05) is 37.6 Å². The number of unbranched alkanes of at least 4 members (excludes halogenated alkanes) is 1. The molecule has 184 valence electrons. The van der Waals surface area contributed by atoms with E-state index in [4.69, 9.17) is 24.4 Å². The van der Waals surface area contributed by atoms with Crippen molar-refractivity contribution in [1.29, 1.82) is 0 Å². The van der Waals surface area contributed by atoms with E-state index in [1.54, 1.807) is 14.2 Å². The topological polar surface area (TPSA) is 73.6 Å². The zero-order valence-electron chi connectivity index (χ0n) is 19.4. The van der Waals surface area contributed by atoms with E-state index in [0.29, 0.717) is 0 Å². The average molecular weight is 479 g/mol. The van der Waals surface area contributed by atoms with Crippen molar-refractivity contribution in [2.24, 2.45) is 0 Å². The van der Waals surface area contributed by atoms with Gasteiger partial charge in [0.1, 0.15) is 11.5 Å². The molecule has 34 heavy (non-hydrogen) atoms. The zero-order valence-corrected chi connectivity index (χ0v) is 19.4. The number of hydrogen-bond acceptors (Lipinski definition) is 4. The molecule has 3 rings (SSSR count). The molecule has 1 aromatic heterocycles. The molecule has 0 aliphatic heterocycles. The molecule has 0 fully saturated rings. The van der Waals surface area contributed by atoms with Crippen LogP contribution >= 0.6 is 0 Å². The predicted octanol–water partition coefficient (Wildman–Crippen LogP) is 5.79. The van der Waals surface area contributed by atoms with Crippen LogP contribution < -0.4 is 9.47 Å². The molecule has 9 heteroatoms. The van der Waals surface area contributed by atoms with Crippen LogP contribution in [0, 0.1) is 0 Å². The van der Waals surface area contributed by atoms with Crippen LogP contribution in [0.15, 0.2) is 54.9 Å². The monoisotopic (exact) mass is 478 g/mol. The maximum atomic E-state index is 10.6. The normalized spacial score (nSPS) is 10.9. The molecule has 0 amide bonds. The molecule has 0 radical (unpaired) electrons. The summed E-state index contributed by atoms with van der Waals surface area (Å²) in [7, 11) is 3.41. The minimum atomic E-state index is -5.08. The van der Waals surface area contributed by atoms with Crippen molar-refractivity contribution in [2.45, 2.75) is 45.3 Å². The van der Waals surface area contributed by atoms with Crippen LogP contribution in [-0.2, 0) is 24.2 Å². The Morgan fingerprint density at radius 3 is 2.24 bits per heavy atom. The highest BCUT2D eigenvalue weighted by Gasteiger charge is 2.38. The second kappa shape index (κ2) is 12.7. The Labute approximate surface area is 197 Å². The van der Waals surface area contributed by atoms with Crippen LogP contribution in [0.3, 0.4) is 0 Å². The quantitative estimate of drug-likeness (QED) is 0.422. The van der Waals surface area contributed by atoms with E-state index in [9.17, 15) is 13.2 Å². The smallest absolute Gasteiger partial charge is 0.490 e. The fraction of sp³-hybridized carbons (Fsp3) is 0.360. The number of rotatable bonds is 9. The van der Waals surface area contributed by atoms with Crippen LogP contribution in [0.2, 0.25) is 0 Å². The Morgan fingerprint density at radius 2 is 1.68 bits per heavy atom. The summed E-state index contributed by atoms with van der Waals surface area (Å²) in [6.45, 7) is 3.13. The van der Waals surface area contributed by atoms with Gasteiger partial charge in [-0.25, -0.2) is 9.78 Å². The van der Waals surface area contributed by atoms with Gasteiger partial charge in [-0.05, 0) is 49.1 Å². The summed E-state index contributed by atoms with van der Waals surface area (Å²) < 4.78 is 44.8. The minimum absolute atomic E-state index is 0.871. The summed E-state index contributed by atoms with van der Waals surface area (Å²) in [4.78, 5) is 13.6. The molecule has 1 N–H and O–H groups in total. The number of benzene rings is 2. The fourth-order valence-corrected chi connectivity index (χ4v) is 3.31. The van der Waals surface area contributed by atoms with E-state index in [0.717, 1.165) is 55.0 Å². The lowest BCUT2D eigenvalue weighted by Gasteiger charge is -2.12. The van der Waals surface area contributed by atoms with E-state index >= 15 is 0 Å². The van der Waals surface area contributed by atoms with Gasteiger partial charge in [0.05, 0.1) is 26.2 Å². The number of imidazole rings is 1. The van der Waals surface area contributed by atoms with Crippen molar-refractivity contribution in [3.8, 4) is 22.8 Å². The highest BCUT2D eigenvalue weighted by Crippen LogP contribution is 2.32. The van der Waals surface area contributed by atoms with Gasteiger partial charge in [-0.3, -0.25) is 0 Å². The largest absolute Gasteiger partial charge is 0.497 e. The van der Waals surface area contributed by atoms with Crippen LogP contribution in [0.25, 0.3) is 11.3 Å². The Morgan fingerprint density at radius 1 is 1.03 bits per heavy atom. The highest BCUT2D eigenvalue weighted by atomic mass is 19.4. The van der Waals surface area contributed by atoms with Crippen molar-refractivity contribution >= 4 is 5.97 Å². The number of ether oxygens (including phenoxy) is 2. The summed E-state index contributed by atoms with van der Waals surface area (Å²) in [5, 5.41) is 7.12.